The Labute approximate surface area is 131 Å². The molecule has 1 N–H and O–H groups in total. The third-order valence-electron chi connectivity index (χ3n) is 4.15. The fourth-order valence-electron chi connectivity index (χ4n) is 2.74. The summed E-state index contributed by atoms with van der Waals surface area (Å²) in [5, 5.41) is 2.94. The highest BCUT2D eigenvalue weighted by molar-refractivity contribution is 5.94. The van der Waals surface area contributed by atoms with Crippen molar-refractivity contribution in [3.63, 3.8) is 0 Å². The van der Waals surface area contributed by atoms with E-state index >= 15 is 0 Å². The molecule has 1 heterocycles. The molecule has 1 aromatic rings. The Bertz CT molecular complexity index is 504. The van der Waals surface area contributed by atoms with Crippen LogP contribution < -0.4 is 5.32 Å². The first-order chi connectivity index (χ1) is 10.6. The minimum Gasteiger partial charge on any atom is -0.372 e. The van der Waals surface area contributed by atoms with Crippen LogP contribution in [0.3, 0.4) is 0 Å². The van der Waals surface area contributed by atoms with E-state index in [2.05, 4.69) is 5.32 Å². The van der Waals surface area contributed by atoms with Crippen molar-refractivity contribution >= 4 is 11.8 Å². The van der Waals surface area contributed by atoms with Crippen LogP contribution >= 0.6 is 0 Å². The second-order valence-corrected chi connectivity index (χ2v) is 5.64. The van der Waals surface area contributed by atoms with Crippen molar-refractivity contribution in [3.05, 3.63) is 35.9 Å². The lowest BCUT2D eigenvalue weighted by Gasteiger charge is -2.37. The van der Waals surface area contributed by atoms with Crippen LogP contribution in [0.25, 0.3) is 0 Å². The number of methoxy groups -OCH3 is 1. The molecule has 2 rings (SSSR count). The summed E-state index contributed by atoms with van der Waals surface area (Å²) in [6, 6.07) is 9.17. The molecule has 1 saturated heterocycles. The minimum atomic E-state index is -0.439. The van der Waals surface area contributed by atoms with Crippen LogP contribution in [0, 0.1) is 0 Å². The van der Waals surface area contributed by atoms with Crippen LogP contribution in [0.5, 0.6) is 0 Å². The fraction of sp³-hybridized carbons (Fsp3) is 0.529. The molecule has 120 valence electrons. The molecule has 0 radical (unpaired) electrons. The van der Waals surface area contributed by atoms with E-state index in [-0.39, 0.29) is 17.9 Å². The first-order valence-electron chi connectivity index (χ1n) is 7.80. The minimum absolute atomic E-state index is 0.00107. The van der Waals surface area contributed by atoms with Crippen molar-refractivity contribution in [2.75, 3.05) is 20.2 Å². The Morgan fingerprint density at radius 2 is 2.05 bits per heavy atom. The van der Waals surface area contributed by atoms with Crippen LogP contribution in [0.2, 0.25) is 0 Å². The standard InChI is InChI=1S/C17H24N2O3/c1-13(22-2)17(21)19-11-7-6-10-15(19)12-18-16(20)14-8-4-3-5-9-14/h3-5,8-9,13,15H,6-7,10-12H2,1-2H3,(H,18,20)/t13-,15-/m1/s1. The summed E-state index contributed by atoms with van der Waals surface area (Å²) in [4.78, 5) is 26.3. The molecule has 2 amide bonds. The van der Waals surface area contributed by atoms with Crippen LogP contribution in [0.4, 0.5) is 0 Å². The Hall–Kier alpha value is -1.88. The van der Waals surface area contributed by atoms with Crippen molar-refractivity contribution in [1.29, 1.82) is 0 Å². The van der Waals surface area contributed by atoms with Gasteiger partial charge in [-0.15, -0.1) is 0 Å². The van der Waals surface area contributed by atoms with Crippen LogP contribution in [-0.4, -0.2) is 49.1 Å². The van der Waals surface area contributed by atoms with Gasteiger partial charge in [-0.25, -0.2) is 0 Å². The molecule has 0 bridgehead atoms. The van der Waals surface area contributed by atoms with E-state index in [0.29, 0.717) is 12.1 Å². The number of benzene rings is 1. The van der Waals surface area contributed by atoms with Gasteiger partial charge in [0.05, 0.1) is 0 Å². The predicted octanol–water partition coefficient (Wildman–Crippen LogP) is 1.83. The number of carbonyl (C=O) groups is 2. The molecular weight excluding hydrogens is 280 g/mol. The molecule has 5 nitrogen and oxygen atoms in total. The maximum atomic E-state index is 12.3. The highest BCUT2D eigenvalue weighted by Crippen LogP contribution is 2.18. The topological polar surface area (TPSA) is 58.6 Å². The van der Waals surface area contributed by atoms with Crippen molar-refractivity contribution in [2.45, 2.75) is 38.3 Å². The number of ether oxygens (including phenoxy) is 1. The summed E-state index contributed by atoms with van der Waals surface area (Å²) in [7, 11) is 1.54. The summed E-state index contributed by atoms with van der Waals surface area (Å²) >= 11 is 0. The smallest absolute Gasteiger partial charge is 0.251 e. The Morgan fingerprint density at radius 1 is 1.32 bits per heavy atom. The molecule has 1 aromatic carbocycles. The lowest BCUT2D eigenvalue weighted by atomic mass is 10.0. The molecule has 0 spiro atoms. The average molecular weight is 304 g/mol. The van der Waals surface area contributed by atoms with Gasteiger partial charge in [0.1, 0.15) is 6.10 Å². The second-order valence-electron chi connectivity index (χ2n) is 5.64. The summed E-state index contributed by atoms with van der Waals surface area (Å²) < 4.78 is 5.13. The fourth-order valence-corrected chi connectivity index (χ4v) is 2.74. The van der Waals surface area contributed by atoms with Gasteiger partial charge in [-0.05, 0) is 38.3 Å². The van der Waals surface area contributed by atoms with Gasteiger partial charge >= 0.3 is 0 Å². The summed E-state index contributed by atoms with van der Waals surface area (Å²) in [5.41, 5.74) is 0.640. The van der Waals surface area contributed by atoms with E-state index in [9.17, 15) is 9.59 Å². The Morgan fingerprint density at radius 3 is 2.73 bits per heavy atom. The Balaban J connectivity index is 1.94. The van der Waals surface area contributed by atoms with E-state index in [4.69, 9.17) is 4.74 Å². The van der Waals surface area contributed by atoms with Crippen LogP contribution in [0.1, 0.15) is 36.5 Å². The van der Waals surface area contributed by atoms with Gasteiger partial charge in [0, 0.05) is 31.8 Å². The lowest BCUT2D eigenvalue weighted by Crippen LogP contribution is -2.52. The van der Waals surface area contributed by atoms with Gasteiger partial charge in [-0.1, -0.05) is 18.2 Å². The van der Waals surface area contributed by atoms with Crippen molar-refractivity contribution in [3.8, 4) is 0 Å². The van der Waals surface area contributed by atoms with Gasteiger partial charge in [0.15, 0.2) is 0 Å². The maximum absolute atomic E-state index is 12.3. The summed E-state index contributed by atoms with van der Waals surface area (Å²) in [5.74, 6) is -0.0977. The quantitative estimate of drug-likeness (QED) is 0.903. The number of hydrogen-bond acceptors (Lipinski definition) is 3. The molecule has 1 aliphatic rings. The monoisotopic (exact) mass is 304 g/mol. The van der Waals surface area contributed by atoms with Gasteiger partial charge in [-0.3, -0.25) is 9.59 Å². The number of likely N-dealkylation sites (tertiary alicyclic amines) is 1. The Kier molecular flexibility index (Phi) is 5.95. The number of nitrogens with one attached hydrogen (secondary N) is 1. The zero-order chi connectivity index (χ0) is 15.9. The third kappa shape index (κ3) is 4.07. The number of amides is 2. The molecule has 0 aromatic heterocycles. The predicted molar refractivity (Wildman–Crippen MR) is 84.6 cm³/mol. The molecule has 2 atom stereocenters. The van der Waals surface area contributed by atoms with Gasteiger partial charge < -0.3 is 15.0 Å². The number of carbonyl (C=O) groups excluding carboxylic acids is 2. The van der Waals surface area contributed by atoms with Crippen LogP contribution in [0.15, 0.2) is 30.3 Å². The van der Waals surface area contributed by atoms with Gasteiger partial charge in [0.2, 0.25) is 0 Å². The highest BCUT2D eigenvalue weighted by atomic mass is 16.5. The van der Waals surface area contributed by atoms with E-state index < -0.39 is 6.10 Å². The van der Waals surface area contributed by atoms with Gasteiger partial charge in [0.25, 0.3) is 11.8 Å². The number of hydrogen-bond donors (Lipinski definition) is 1. The first-order valence-corrected chi connectivity index (χ1v) is 7.80. The zero-order valence-electron chi connectivity index (χ0n) is 13.2. The van der Waals surface area contributed by atoms with E-state index in [1.165, 1.54) is 0 Å². The molecule has 5 heteroatoms. The number of rotatable bonds is 5. The summed E-state index contributed by atoms with van der Waals surface area (Å²) in [6.07, 6.45) is 2.56. The van der Waals surface area contributed by atoms with Crippen molar-refractivity contribution in [1.82, 2.24) is 10.2 Å². The molecule has 1 fully saturated rings. The molecule has 22 heavy (non-hydrogen) atoms. The molecule has 1 aliphatic heterocycles. The molecular formula is C17H24N2O3. The zero-order valence-corrected chi connectivity index (χ0v) is 13.2. The average Bonchev–Trinajstić information content (AvgIpc) is 2.59. The SMILES string of the molecule is CO[C@H](C)C(=O)N1CCCC[C@@H]1CNC(=O)c1ccccc1. The lowest BCUT2D eigenvalue weighted by molar-refractivity contribution is -0.144. The van der Waals surface area contributed by atoms with Gasteiger partial charge in [-0.2, -0.15) is 0 Å². The molecule has 0 saturated carbocycles. The first kappa shape index (κ1) is 16.5. The van der Waals surface area contributed by atoms with Crippen molar-refractivity contribution in [2.24, 2.45) is 0 Å². The second kappa shape index (κ2) is 7.94. The van der Waals surface area contributed by atoms with E-state index in [0.717, 1.165) is 25.8 Å². The van der Waals surface area contributed by atoms with E-state index in [1.807, 2.05) is 23.1 Å². The largest absolute Gasteiger partial charge is 0.372 e. The maximum Gasteiger partial charge on any atom is 0.251 e. The third-order valence-corrected chi connectivity index (χ3v) is 4.15. The highest BCUT2D eigenvalue weighted by Gasteiger charge is 2.29. The molecule has 0 aliphatic carbocycles. The number of piperidine rings is 1. The normalized spacial score (nSPS) is 19.5. The molecule has 0 unspecified atom stereocenters. The van der Waals surface area contributed by atoms with Crippen molar-refractivity contribution < 1.29 is 14.3 Å². The van der Waals surface area contributed by atoms with E-state index in [1.54, 1.807) is 26.2 Å². The summed E-state index contributed by atoms with van der Waals surface area (Å²) in [6.45, 7) is 2.98. The van der Waals surface area contributed by atoms with Crippen LogP contribution in [-0.2, 0) is 9.53 Å². The number of nitrogens with zero attached hydrogens (tertiary/aromatic N) is 1.